The van der Waals surface area contributed by atoms with Crippen LogP contribution in [0.4, 0.5) is 11.6 Å². The molecule has 0 bridgehead atoms. The Morgan fingerprint density at radius 1 is 1.26 bits per heavy atom. The topological polar surface area (TPSA) is 97.6 Å². The molecule has 0 spiro atoms. The summed E-state index contributed by atoms with van der Waals surface area (Å²) in [7, 11) is 0. The SMILES string of the molecule is O=C1C(c2ccccc2)Oc2ccc([N+](=O)[O-])nc2N1CC1CCCNC1. The third kappa shape index (κ3) is 3.48. The molecule has 3 heterocycles. The van der Waals surface area contributed by atoms with Crippen molar-refractivity contribution in [3.63, 3.8) is 0 Å². The second-order valence-corrected chi connectivity index (χ2v) is 6.82. The number of nitrogens with zero attached hydrogens (tertiary/aromatic N) is 3. The fourth-order valence-corrected chi connectivity index (χ4v) is 3.59. The van der Waals surface area contributed by atoms with Crippen LogP contribution in [-0.4, -0.2) is 35.4 Å². The first-order valence-electron chi connectivity index (χ1n) is 9.02. The van der Waals surface area contributed by atoms with Gasteiger partial charge in [-0.15, -0.1) is 0 Å². The van der Waals surface area contributed by atoms with Crippen molar-refractivity contribution in [1.29, 1.82) is 0 Å². The van der Waals surface area contributed by atoms with E-state index in [1.165, 1.54) is 12.1 Å². The van der Waals surface area contributed by atoms with E-state index >= 15 is 0 Å². The molecule has 0 radical (unpaired) electrons. The van der Waals surface area contributed by atoms with Crippen molar-refractivity contribution < 1.29 is 14.5 Å². The molecule has 4 rings (SSSR count). The average Bonchev–Trinajstić information content (AvgIpc) is 2.71. The van der Waals surface area contributed by atoms with Crippen molar-refractivity contribution in [2.75, 3.05) is 24.5 Å². The van der Waals surface area contributed by atoms with Gasteiger partial charge in [0.25, 0.3) is 11.7 Å². The van der Waals surface area contributed by atoms with E-state index in [1.807, 2.05) is 30.3 Å². The van der Waals surface area contributed by atoms with Crippen LogP contribution >= 0.6 is 0 Å². The number of aromatic nitrogens is 1. The Hall–Kier alpha value is -3.00. The number of benzene rings is 1. The Bertz CT molecular complexity index is 852. The number of pyridine rings is 1. The van der Waals surface area contributed by atoms with Crippen LogP contribution in [0, 0.1) is 16.0 Å². The summed E-state index contributed by atoms with van der Waals surface area (Å²) >= 11 is 0. The molecule has 2 aromatic rings. The fraction of sp³-hybridized carbons (Fsp3) is 0.368. The number of carbonyl (C=O) groups excluding carboxylic acids is 1. The maximum Gasteiger partial charge on any atom is 0.366 e. The second-order valence-electron chi connectivity index (χ2n) is 6.82. The summed E-state index contributed by atoms with van der Waals surface area (Å²) < 4.78 is 5.89. The van der Waals surface area contributed by atoms with Gasteiger partial charge in [0.2, 0.25) is 6.10 Å². The first-order chi connectivity index (χ1) is 13.1. The summed E-state index contributed by atoms with van der Waals surface area (Å²) in [5, 5.41) is 14.5. The molecule has 1 aromatic carbocycles. The minimum atomic E-state index is -0.779. The Balaban J connectivity index is 1.72. The van der Waals surface area contributed by atoms with Gasteiger partial charge in [0.15, 0.2) is 5.75 Å². The molecule has 140 valence electrons. The first-order valence-corrected chi connectivity index (χ1v) is 9.02. The van der Waals surface area contributed by atoms with Crippen LogP contribution in [0.1, 0.15) is 24.5 Å². The summed E-state index contributed by atoms with van der Waals surface area (Å²) in [6, 6.07) is 12.1. The van der Waals surface area contributed by atoms with Crippen molar-refractivity contribution in [2.24, 2.45) is 5.92 Å². The molecule has 8 heteroatoms. The second kappa shape index (κ2) is 7.32. The third-order valence-corrected chi connectivity index (χ3v) is 4.94. The lowest BCUT2D eigenvalue weighted by molar-refractivity contribution is -0.389. The number of ether oxygens (including phenoxy) is 1. The molecule has 1 fully saturated rings. The van der Waals surface area contributed by atoms with Gasteiger partial charge in [-0.2, -0.15) is 0 Å². The Morgan fingerprint density at radius 3 is 2.78 bits per heavy atom. The van der Waals surface area contributed by atoms with Crippen molar-refractivity contribution >= 4 is 17.5 Å². The zero-order valence-corrected chi connectivity index (χ0v) is 14.7. The minimum Gasteiger partial charge on any atom is -0.469 e. The van der Waals surface area contributed by atoms with Gasteiger partial charge in [0.05, 0.1) is 0 Å². The predicted octanol–water partition coefficient (Wildman–Crippen LogP) is 2.46. The highest BCUT2D eigenvalue weighted by atomic mass is 16.6. The maximum absolute atomic E-state index is 13.2. The quantitative estimate of drug-likeness (QED) is 0.658. The van der Waals surface area contributed by atoms with Gasteiger partial charge in [0, 0.05) is 18.2 Å². The largest absolute Gasteiger partial charge is 0.469 e. The predicted molar refractivity (Wildman–Crippen MR) is 98.6 cm³/mol. The van der Waals surface area contributed by atoms with Gasteiger partial charge < -0.3 is 20.2 Å². The number of carbonyl (C=O) groups is 1. The molecule has 2 aliphatic rings. The van der Waals surface area contributed by atoms with E-state index < -0.39 is 11.0 Å². The Morgan fingerprint density at radius 2 is 2.07 bits per heavy atom. The van der Waals surface area contributed by atoms with Crippen LogP contribution < -0.4 is 15.0 Å². The molecule has 8 nitrogen and oxygen atoms in total. The molecule has 2 aliphatic heterocycles. The highest BCUT2D eigenvalue weighted by molar-refractivity contribution is 5.99. The lowest BCUT2D eigenvalue weighted by atomic mass is 9.98. The van der Waals surface area contributed by atoms with Crippen molar-refractivity contribution in [3.05, 3.63) is 58.1 Å². The highest BCUT2D eigenvalue weighted by Gasteiger charge is 2.40. The van der Waals surface area contributed by atoms with Gasteiger partial charge >= 0.3 is 5.82 Å². The molecule has 1 aromatic heterocycles. The number of hydrogen-bond acceptors (Lipinski definition) is 6. The van der Waals surface area contributed by atoms with Crippen LogP contribution in [0.3, 0.4) is 0 Å². The number of hydrogen-bond donors (Lipinski definition) is 1. The van der Waals surface area contributed by atoms with Gasteiger partial charge in [-0.1, -0.05) is 30.3 Å². The van der Waals surface area contributed by atoms with E-state index in [9.17, 15) is 14.9 Å². The molecule has 27 heavy (non-hydrogen) atoms. The van der Waals surface area contributed by atoms with E-state index in [4.69, 9.17) is 4.74 Å². The number of fused-ring (bicyclic) bond motifs is 1. The molecule has 2 unspecified atom stereocenters. The number of rotatable bonds is 4. The molecule has 1 amide bonds. The summed E-state index contributed by atoms with van der Waals surface area (Å²) in [6.45, 7) is 2.24. The van der Waals surface area contributed by atoms with Gasteiger partial charge in [-0.05, 0) is 47.8 Å². The number of nitro groups is 1. The number of amides is 1. The maximum atomic E-state index is 13.2. The van der Waals surface area contributed by atoms with Crippen molar-refractivity contribution in [1.82, 2.24) is 10.3 Å². The summed E-state index contributed by atoms with van der Waals surface area (Å²) in [5.74, 6) is 0.346. The highest BCUT2D eigenvalue weighted by Crippen LogP contribution is 2.39. The molecular weight excluding hydrogens is 348 g/mol. The van der Waals surface area contributed by atoms with Gasteiger partial charge in [-0.3, -0.25) is 9.69 Å². The fourth-order valence-electron chi connectivity index (χ4n) is 3.59. The zero-order valence-electron chi connectivity index (χ0n) is 14.7. The third-order valence-electron chi connectivity index (χ3n) is 4.94. The minimum absolute atomic E-state index is 0.229. The van der Waals surface area contributed by atoms with Crippen molar-refractivity contribution in [3.8, 4) is 5.75 Å². The van der Waals surface area contributed by atoms with E-state index in [2.05, 4.69) is 10.3 Å². The van der Waals surface area contributed by atoms with E-state index in [0.29, 0.717) is 12.3 Å². The smallest absolute Gasteiger partial charge is 0.366 e. The van der Waals surface area contributed by atoms with Gasteiger partial charge in [0.1, 0.15) is 0 Å². The van der Waals surface area contributed by atoms with Crippen molar-refractivity contribution in [2.45, 2.75) is 18.9 Å². The van der Waals surface area contributed by atoms with E-state index in [-0.39, 0.29) is 23.5 Å². The van der Waals surface area contributed by atoms with E-state index in [1.54, 1.807) is 4.90 Å². The molecule has 0 saturated carbocycles. The zero-order chi connectivity index (χ0) is 18.8. The monoisotopic (exact) mass is 368 g/mol. The van der Waals surface area contributed by atoms with Crippen LogP contribution in [0.15, 0.2) is 42.5 Å². The van der Waals surface area contributed by atoms with Crippen LogP contribution in [0.25, 0.3) is 0 Å². The summed E-state index contributed by atoms with van der Waals surface area (Å²) in [5.41, 5.74) is 0.748. The summed E-state index contributed by atoms with van der Waals surface area (Å²) in [6.07, 6.45) is 1.26. The lowest BCUT2D eigenvalue weighted by Crippen LogP contribution is -2.46. The molecule has 1 saturated heterocycles. The Kier molecular flexibility index (Phi) is 4.72. The average molecular weight is 368 g/mol. The van der Waals surface area contributed by atoms with Crippen LogP contribution in [0.5, 0.6) is 5.75 Å². The lowest BCUT2D eigenvalue weighted by Gasteiger charge is -2.34. The summed E-state index contributed by atoms with van der Waals surface area (Å²) in [4.78, 5) is 29.4. The molecule has 0 aliphatic carbocycles. The molecular formula is C19H20N4O4. The normalized spacial score (nSPS) is 22.1. The van der Waals surface area contributed by atoms with E-state index in [0.717, 1.165) is 31.5 Å². The molecule has 2 atom stereocenters. The van der Waals surface area contributed by atoms with Crippen LogP contribution in [0.2, 0.25) is 0 Å². The van der Waals surface area contributed by atoms with Crippen LogP contribution in [-0.2, 0) is 4.79 Å². The number of piperidine rings is 1. The first kappa shape index (κ1) is 17.4. The number of nitrogens with one attached hydrogen (secondary N) is 1. The molecule has 1 N–H and O–H groups in total. The standard InChI is InChI=1S/C19H20N4O4/c24-19-17(14-6-2-1-3-7-14)27-15-8-9-16(23(25)26)21-18(15)22(19)12-13-5-4-10-20-11-13/h1-3,6-9,13,17,20H,4-5,10-12H2. The Labute approximate surface area is 156 Å². The van der Waals surface area contributed by atoms with Gasteiger partial charge in [-0.25, -0.2) is 0 Å². The number of anilines is 1.